The fourth-order valence-electron chi connectivity index (χ4n) is 3.48. The van der Waals surface area contributed by atoms with Gasteiger partial charge in [-0.2, -0.15) is 0 Å². The molecule has 0 radical (unpaired) electrons. The van der Waals surface area contributed by atoms with Crippen molar-refractivity contribution in [2.24, 2.45) is 0 Å². The van der Waals surface area contributed by atoms with Crippen LogP contribution in [0.1, 0.15) is 39.5 Å². The maximum Gasteiger partial charge on any atom is 0.407 e. The number of fused-ring (bicyclic) bond motifs is 1. The van der Waals surface area contributed by atoms with Gasteiger partial charge in [-0.25, -0.2) is 17.9 Å². The normalized spacial score (nSPS) is 14.7. The van der Waals surface area contributed by atoms with E-state index < -0.39 is 29.7 Å². The number of ether oxygens (including phenoxy) is 1. The molecule has 0 bridgehead atoms. The molecule has 0 saturated heterocycles. The molecule has 2 N–H and O–H groups in total. The van der Waals surface area contributed by atoms with Crippen molar-refractivity contribution in [2.45, 2.75) is 25.5 Å². The van der Waals surface area contributed by atoms with Crippen LogP contribution in [0.2, 0.25) is 5.02 Å². The van der Waals surface area contributed by atoms with Crippen molar-refractivity contribution in [2.75, 3.05) is 5.32 Å². The molecule has 6 nitrogen and oxygen atoms in total. The van der Waals surface area contributed by atoms with Crippen LogP contribution < -0.4 is 10.6 Å². The number of carbonyl (C=O) groups excluding carboxylic acids is 2. The van der Waals surface area contributed by atoms with E-state index in [1.54, 1.807) is 11.6 Å². The van der Waals surface area contributed by atoms with Gasteiger partial charge in [-0.1, -0.05) is 11.6 Å². The lowest BCUT2D eigenvalue weighted by molar-refractivity contribution is 0.102. The van der Waals surface area contributed by atoms with Gasteiger partial charge in [-0.15, -0.1) is 0 Å². The summed E-state index contributed by atoms with van der Waals surface area (Å²) in [5.74, 6) is -1.59. The average Bonchev–Trinajstić information content (AvgIpc) is 3.40. The molecule has 1 heterocycles. The Morgan fingerprint density at radius 3 is 2.77 bits per heavy atom. The SMILES string of the molecule is O=C(N[C@H]1CCc2c(C(=O)Nc3ccc(F)c(Cl)c3)ccc(F)c21)OCc1cnsc1. The molecule has 1 atom stereocenters. The third kappa shape index (κ3) is 4.67. The summed E-state index contributed by atoms with van der Waals surface area (Å²) in [5, 5.41) is 6.94. The summed E-state index contributed by atoms with van der Waals surface area (Å²) in [7, 11) is 0. The van der Waals surface area contributed by atoms with Gasteiger partial charge >= 0.3 is 6.09 Å². The molecule has 3 aromatic rings. The van der Waals surface area contributed by atoms with Crippen molar-refractivity contribution in [3.05, 3.63) is 80.8 Å². The number of hydrogen-bond acceptors (Lipinski definition) is 5. The second-order valence-corrected chi connectivity index (χ2v) is 7.98. The van der Waals surface area contributed by atoms with Crippen molar-refractivity contribution >= 4 is 40.8 Å². The van der Waals surface area contributed by atoms with Gasteiger partial charge in [-0.3, -0.25) is 4.79 Å². The first kappa shape index (κ1) is 21.2. The third-order valence-electron chi connectivity index (χ3n) is 4.90. The summed E-state index contributed by atoms with van der Waals surface area (Å²) in [4.78, 5) is 24.9. The third-order valence-corrected chi connectivity index (χ3v) is 5.83. The zero-order valence-corrected chi connectivity index (χ0v) is 17.5. The second-order valence-electron chi connectivity index (χ2n) is 6.91. The molecule has 31 heavy (non-hydrogen) atoms. The Bertz CT molecular complexity index is 1140. The highest BCUT2D eigenvalue weighted by Gasteiger charge is 2.31. The predicted octanol–water partition coefficient (Wildman–Crippen LogP) is 5.24. The molecule has 0 spiro atoms. The smallest absolute Gasteiger partial charge is 0.407 e. The summed E-state index contributed by atoms with van der Waals surface area (Å²) in [6.07, 6.45) is 1.74. The number of nitrogens with one attached hydrogen (secondary N) is 2. The molecule has 0 fully saturated rings. The lowest BCUT2D eigenvalue weighted by atomic mass is 10.0. The van der Waals surface area contributed by atoms with Crippen LogP contribution >= 0.6 is 23.1 Å². The van der Waals surface area contributed by atoms with Crippen molar-refractivity contribution < 1.29 is 23.1 Å². The number of alkyl carbamates (subject to hydrolysis) is 1. The molecule has 0 aliphatic heterocycles. The van der Waals surface area contributed by atoms with Crippen molar-refractivity contribution in [3.8, 4) is 0 Å². The molecule has 4 rings (SSSR count). The number of hydrogen-bond donors (Lipinski definition) is 2. The average molecular weight is 464 g/mol. The highest BCUT2D eigenvalue weighted by atomic mass is 35.5. The Hall–Kier alpha value is -3.04. The molecule has 2 aromatic carbocycles. The van der Waals surface area contributed by atoms with E-state index in [1.807, 2.05) is 0 Å². The summed E-state index contributed by atoms with van der Waals surface area (Å²) in [5.41, 5.74) is 2.13. The molecule has 0 saturated carbocycles. The van der Waals surface area contributed by atoms with E-state index in [0.717, 1.165) is 11.6 Å². The molecule has 1 aliphatic rings. The van der Waals surface area contributed by atoms with Crippen LogP contribution in [-0.2, 0) is 17.8 Å². The van der Waals surface area contributed by atoms with E-state index in [0.29, 0.717) is 24.1 Å². The summed E-state index contributed by atoms with van der Waals surface area (Å²) >= 11 is 7.00. The molecule has 1 aliphatic carbocycles. The van der Waals surface area contributed by atoms with Gasteiger partial charge in [0.2, 0.25) is 0 Å². The minimum absolute atomic E-state index is 0.0626. The topological polar surface area (TPSA) is 80.3 Å². The molecule has 1 aromatic heterocycles. The first-order chi connectivity index (χ1) is 14.9. The minimum Gasteiger partial charge on any atom is -0.445 e. The van der Waals surface area contributed by atoms with E-state index in [9.17, 15) is 18.4 Å². The number of nitrogens with zero attached hydrogens (tertiary/aromatic N) is 1. The molecular formula is C21H16ClF2N3O3S. The predicted molar refractivity (Wildman–Crippen MR) is 112 cm³/mol. The first-order valence-electron chi connectivity index (χ1n) is 9.31. The van der Waals surface area contributed by atoms with Crippen LogP contribution in [0.25, 0.3) is 0 Å². The number of anilines is 1. The molecule has 10 heteroatoms. The van der Waals surface area contributed by atoms with Gasteiger partial charge < -0.3 is 15.4 Å². The quantitative estimate of drug-likeness (QED) is 0.542. The van der Waals surface area contributed by atoms with E-state index >= 15 is 0 Å². The molecule has 160 valence electrons. The van der Waals surface area contributed by atoms with E-state index in [2.05, 4.69) is 15.0 Å². The van der Waals surface area contributed by atoms with Crippen LogP contribution in [0.5, 0.6) is 0 Å². The van der Waals surface area contributed by atoms with Crippen LogP contribution in [0, 0.1) is 11.6 Å². The number of carbonyl (C=O) groups is 2. The standard InChI is InChI=1S/C21H16ClF2N3O3S/c22-15-7-12(1-4-16(15)23)26-20(28)14-2-5-17(24)19-13(14)3-6-18(19)27-21(29)30-9-11-8-25-31-10-11/h1-2,4-5,7-8,10,18H,3,6,9H2,(H,26,28)(H,27,29)/t18-/m0/s1. The summed E-state index contributed by atoms with van der Waals surface area (Å²) in [6, 6.07) is 5.78. The Morgan fingerprint density at radius 2 is 2.03 bits per heavy atom. The van der Waals surface area contributed by atoms with Crippen molar-refractivity contribution in [1.82, 2.24) is 9.69 Å². The lowest BCUT2D eigenvalue weighted by Gasteiger charge is -2.16. The Labute approximate surface area is 185 Å². The van der Waals surface area contributed by atoms with Gasteiger partial charge in [0.05, 0.1) is 11.1 Å². The van der Waals surface area contributed by atoms with Gasteiger partial charge in [0, 0.05) is 34.0 Å². The molecule has 0 unspecified atom stereocenters. The first-order valence-corrected chi connectivity index (χ1v) is 10.5. The molecular weight excluding hydrogens is 448 g/mol. The van der Waals surface area contributed by atoms with Gasteiger partial charge in [0.15, 0.2) is 0 Å². The zero-order valence-electron chi connectivity index (χ0n) is 16.0. The van der Waals surface area contributed by atoms with Gasteiger partial charge in [-0.05, 0) is 60.3 Å². The Kier molecular flexibility index (Phi) is 6.15. The number of aromatic nitrogens is 1. The lowest BCUT2D eigenvalue weighted by Crippen LogP contribution is -2.28. The monoisotopic (exact) mass is 463 g/mol. The number of rotatable bonds is 5. The summed E-state index contributed by atoms with van der Waals surface area (Å²) in [6.45, 7) is 0.0626. The maximum atomic E-state index is 14.6. The minimum atomic E-state index is -0.681. The highest BCUT2D eigenvalue weighted by molar-refractivity contribution is 7.03. The number of halogens is 3. The van der Waals surface area contributed by atoms with Crippen molar-refractivity contribution in [1.29, 1.82) is 0 Å². The fourth-order valence-corrected chi connectivity index (χ4v) is 4.18. The van der Waals surface area contributed by atoms with Crippen LogP contribution in [0.15, 0.2) is 41.9 Å². The van der Waals surface area contributed by atoms with Crippen LogP contribution in [0.3, 0.4) is 0 Å². The van der Waals surface area contributed by atoms with E-state index in [1.165, 1.54) is 35.8 Å². The largest absolute Gasteiger partial charge is 0.445 e. The number of amides is 2. The molecule has 2 amide bonds. The van der Waals surface area contributed by atoms with E-state index in [-0.39, 0.29) is 22.8 Å². The van der Waals surface area contributed by atoms with Crippen LogP contribution in [0.4, 0.5) is 19.3 Å². The van der Waals surface area contributed by atoms with E-state index in [4.69, 9.17) is 16.3 Å². The number of benzene rings is 2. The van der Waals surface area contributed by atoms with Crippen LogP contribution in [-0.4, -0.2) is 16.4 Å². The Morgan fingerprint density at radius 1 is 1.23 bits per heavy atom. The second kappa shape index (κ2) is 8.99. The zero-order chi connectivity index (χ0) is 22.0. The van der Waals surface area contributed by atoms with Gasteiger partial charge in [0.25, 0.3) is 5.91 Å². The maximum absolute atomic E-state index is 14.6. The highest BCUT2D eigenvalue weighted by Crippen LogP contribution is 2.36. The summed E-state index contributed by atoms with van der Waals surface area (Å²) < 4.78 is 37.0. The van der Waals surface area contributed by atoms with Gasteiger partial charge in [0.1, 0.15) is 18.2 Å². The fraction of sp³-hybridized carbons (Fsp3) is 0.190. The Balaban J connectivity index is 1.48. The van der Waals surface area contributed by atoms with Crippen molar-refractivity contribution in [3.63, 3.8) is 0 Å².